The Morgan fingerprint density at radius 2 is 1.68 bits per heavy atom. The molecule has 22 heavy (non-hydrogen) atoms. The molecule has 1 atom stereocenters. The Hall–Kier alpha value is -1.39. The van der Waals surface area contributed by atoms with Crippen molar-refractivity contribution in [1.82, 2.24) is 4.90 Å². The Labute approximate surface area is 132 Å². The number of amides is 1. The second kappa shape index (κ2) is 6.80. The van der Waals surface area contributed by atoms with E-state index < -0.39 is 11.4 Å². The molecule has 1 heterocycles. The zero-order valence-electron chi connectivity index (χ0n) is 13.6. The van der Waals surface area contributed by atoms with Gasteiger partial charge in [-0.15, -0.1) is 0 Å². The van der Waals surface area contributed by atoms with Crippen LogP contribution in [-0.2, 0) is 14.4 Å². The summed E-state index contributed by atoms with van der Waals surface area (Å²) in [5.41, 5.74) is -0.577. The Balaban J connectivity index is 1.98. The highest BCUT2D eigenvalue weighted by Crippen LogP contribution is 2.32. The van der Waals surface area contributed by atoms with Crippen molar-refractivity contribution < 1.29 is 19.5 Å². The van der Waals surface area contributed by atoms with Crippen LogP contribution in [0.15, 0.2) is 0 Å². The van der Waals surface area contributed by atoms with Crippen LogP contribution in [0.25, 0.3) is 0 Å². The van der Waals surface area contributed by atoms with Crippen LogP contribution in [0.5, 0.6) is 0 Å². The van der Waals surface area contributed by atoms with Gasteiger partial charge in [-0.3, -0.25) is 14.4 Å². The van der Waals surface area contributed by atoms with Crippen molar-refractivity contribution in [2.24, 2.45) is 11.3 Å². The molecule has 0 aromatic rings. The van der Waals surface area contributed by atoms with E-state index in [2.05, 4.69) is 0 Å². The fourth-order valence-corrected chi connectivity index (χ4v) is 3.83. The summed E-state index contributed by atoms with van der Waals surface area (Å²) >= 11 is 0. The number of likely N-dealkylation sites (tertiary alicyclic amines) is 1. The molecule has 2 fully saturated rings. The largest absolute Gasteiger partial charge is 0.481 e. The minimum atomic E-state index is -0.891. The molecule has 5 nitrogen and oxygen atoms in total. The Kier molecular flexibility index (Phi) is 5.24. The third kappa shape index (κ3) is 4.08. The molecule has 1 amide bonds. The lowest BCUT2D eigenvalue weighted by Crippen LogP contribution is -2.44. The highest BCUT2D eigenvalue weighted by molar-refractivity contribution is 5.91. The molecule has 1 N–H and O–H groups in total. The summed E-state index contributed by atoms with van der Waals surface area (Å²) in [6.07, 6.45) is 5.94. The number of aliphatic carboxylic acids is 1. The molecule has 5 heteroatoms. The Bertz CT molecular complexity index is 452. The van der Waals surface area contributed by atoms with E-state index in [1.807, 2.05) is 0 Å². The molecule has 0 aromatic heterocycles. The first-order valence-corrected chi connectivity index (χ1v) is 8.35. The molecule has 1 saturated carbocycles. The van der Waals surface area contributed by atoms with E-state index in [1.54, 1.807) is 18.7 Å². The molecule has 1 aliphatic carbocycles. The normalized spacial score (nSPS) is 23.0. The van der Waals surface area contributed by atoms with Gasteiger partial charge in [0.05, 0.1) is 12.5 Å². The van der Waals surface area contributed by atoms with Gasteiger partial charge in [0.1, 0.15) is 0 Å². The Morgan fingerprint density at radius 1 is 1.05 bits per heavy atom. The number of rotatable bonds is 6. The number of Topliss-reactive ketones (excluding diaryl/α,β-unsaturated/α-hetero) is 1. The topological polar surface area (TPSA) is 74.7 Å². The van der Waals surface area contributed by atoms with E-state index in [1.165, 1.54) is 0 Å². The van der Waals surface area contributed by atoms with Crippen LogP contribution in [0.4, 0.5) is 0 Å². The van der Waals surface area contributed by atoms with Crippen LogP contribution in [0.3, 0.4) is 0 Å². The maximum absolute atomic E-state index is 12.6. The molecule has 0 aromatic carbocycles. The molecule has 0 bridgehead atoms. The molecule has 0 unspecified atom stereocenters. The molecular formula is C17H27NO4. The molecule has 124 valence electrons. The number of hydrogen-bond donors (Lipinski definition) is 1. The number of carboxylic acids is 1. The van der Waals surface area contributed by atoms with Crippen molar-refractivity contribution in [3.63, 3.8) is 0 Å². The maximum Gasteiger partial charge on any atom is 0.303 e. The summed E-state index contributed by atoms with van der Waals surface area (Å²) in [6, 6.07) is -0.267. The molecule has 2 aliphatic rings. The Morgan fingerprint density at radius 3 is 2.27 bits per heavy atom. The predicted molar refractivity (Wildman–Crippen MR) is 82.4 cm³/mol. The van der Waals surface area contributed by atoms with Gasteiger partial charge >= 0.3 is 5.97 Å². The molecule has 2 rings (SSSR count). The van der Waals surface area contributed by atoms with Crippen LogP contribution in [0.1, 0.15) is 65.2 Å². The number of carboxylic acid groups (broad SMARTS) is 1. The minimum absolute atomic E-state index is 0.0339. The fourth-order valence-electron chi connectivity index (χ4n) is 3.83. The van der Waals surface area contributed by atoms with Gasteiger partial charge in [-0.25, -0.2) is 0 Å². The zero-order valence-corrected chi connectivity index (χ0v) is 13.6. The van der Waals surface area contributed by atoms with Gasteiger partial charge in [-0.1, -0.05) is 26.7 Å². The van der Waals surface area contributed by atoms with E-state index in [0.29, 0.717) is 6.54 Å². The van der Waals surface area contributed by atoms with E-state index in [9.17, 15) is 14.4 Å². The summed E-state index contributed by atoms with van der Waals surface area (Å²) in [4.78, 5) is 37.8. The molecule has 0 radical (unpaired) electrons. The molecular weight excluding hydrogens is 282 g/mol. The summed E-state index contributed by atoms with van der Waals surface area (Å²) < 4.78 is 0. The van der Waals surface area contributed by atoms with Gasteiger partial charge in [0.2, 0.25) is 5.91 Å². The van der Waals surface area contributed by atoms with Gasteiger partial charge in [0.15, 0.2) is 5.78 Å². The van der Waals surface area contributed by atoms with E-state index in [0.717, 1.165) is 38.5 Å². The van der Waals surface area contributed by atoms with Crippen molar-refractivity contribution in [1.29, 1.82) is 0 Å². The molecule has 1 aliphatic heterocycles. The predicted octanol–water partition coefficient (Wildman–Crippen LogP) is 2.63. The van der Waals surface area contributed by atoms with Crippen LogP contribution in [-0.4, -0.2) is 40.3 Å². The first kappa shape index (κ1) is 17.0. The SMILES string of the molecule is CC(C)(CC(=O)O)CC(=O)N1CCC[C@H]1C(=O)C1CCCC1. The van der Waals surface area contributed by atoms with Crippen molar-refractivity contribution in [2.75, 3.05) is 6.54 Å². The number of hydrogen-bond acceptors (Lipinski definition) is 3. The monoisotopic (exact) mass is 309 g/mol. The summed E-state index contributed by atoms with van der Waals surface area (Å²) in [7, 11) is 0. The van der Waals surface area contributed by atoms with E-state index in [4.69, 9.17) is 5.11 Å². The quantitative estimate of drug-likeness (QED) is 0.818. The highest BCUT2D eigenvalue weighted by Gasteiger charge is 2.39. The lowest BCUT2D eigenvalue weighted by molar-refractivity contribution is -0.143. The van der Waals surface area contributed by atoms with Crippen LogP contribution < -0.4 is 0 Å². The third-order valence-corrected chi connectivity index (χ3v) is 4.92. The van der Waals surface area contributed by atoms with Gasteiger partial charge in [0.25, 0.3) is 0 Å². The fraction of sp³-hybridized carbons (Fsp3) is 0.824. The van der Waals surface area contributed by atoms with Gasteiger partial charge in [-0.05, 0) is 31.1 Å². The number of nitrogens with zero attached hydrogens (tertiary/aromatic N) is 1. The smallest absolute Gasteiger partial charge is 0.303 e. The van der Waals surface area contributed by atoms with Crippen LogP contribution in [0.2, 0.25) is 0 Å². The molecule has 0 spiro atoms. The zero-order chi connectivity index (χ0) is 16.3. The first-order chi connectivity index (χ1) is 10.3. The third-order valence-electron chi connectivity index (χ3n) is 4.92. The van der Waals surface area contributed by atoms with E-state index in [-0.39, 0.29) is 36.5 Å². The maximum atomic E-state index is 12.6. The first-order valence-electron chi connectivity index (χ1n) is 8.35. The summed E-state index contributed by atoms with van der Waals surface area (Å²) in [5, 5.41) is 8.93. The number of ketones is 1. The van der Waals surface area contributed by atoms with Crippen molar-refractivity contribution >= 4 is 17.7 Å². The van der Waals surface area contributed by atoms with E-state index >= 15 is 0 Å². The average Bonchev–Trinajstić information content (AvgIpc) is 3.07. The number of carbonyl (C=O) groups is 3. The second-order valence-electron chi connectivity index (χ2n) is 7.54. The van der Waals surface area contributed by atoms with Crippen LogP contribution in [0, 0.1) is 11.3 Å². The van der Waals surface area contributed by atoms with Gasteiger partial charge in [-0.2, -0.15) is 0 Å². The lowest BCUT2D eigenvalue weighted by Gasteiger charge is -2.29. The molecule has 1 saturated heterocycles. The van der Waals surface area contributed by atoms with Gasteiger partial charge in [0, 0.05) is 18.9 Å². The van der Waals surface area contributed by atoms with Crippen molar-refractivity contribution in [3.05, 3.63) is 0 Å². The minimum Gasteiger partial charge on any atom is -0.481 e. The van der Waals surface area contributed by atoms with Crippen LogP contribution >= 0.6 is 0 Å². The van der Waals surface area contributed by atoms with Gasteiger partial charge < -0.3 is 10.0 Å². The average molecular weight is 309 g/mol. The summed E-state index contributed by atoms with van der Waals surface area (Å²) in [6.45, 7) is 4.22. The summed E-state index contributed by atoms with van der Waals surface area (Å²) in [5.74, 6) is -0.595. The van der Waals surface area contributed by atoms with Crippen molar-refractivity contribution in [2.45, 2.75) is 71.3 Å². The van der Waals surface area contributed by atoms with Crippen molar-refractivity contribution in [3.8, 4) is 0 Å². The highest BCUT2D eigenvalue weighted by atomic mass is 16.4. The second-order valence-corrected chi connectivity index (χ2v) is 7.54. The number of carbonyl (C=O) groups excluding carboxylic acids is 2. The lowest BCUT2D eigenvalue weighted by atomic mass is 9.85. The standard InChI is InChI=1S/C17H27NO4/c1-17(2,11-15(20)21)10-14(19)18-9-5-8-13(18)16(22)12-6-3-4-7-12/h12-13H,3-11H2,1-2H3,(H,20,21)/t13-/m0/s1.